The molecule has 14 heteroatoms. The van der Waals surface area contributed by atoms with Crippen molar-refractivity contribution in [3.8, 4) is 28.3 Å². The van der Waals surface area contributed by atoms with Gasteiger partial charge in [0, 0.05) is 69.2 Å². The fraction of sp³-hybridized carbons (Fsp3) is 0.235. The largest absolute Gasteiger partial charge is 0.507 e. The number of carbonyl (C=O) groups excluding carboxylic acids is 3. The molecule has 0 radical (unpaired) electrons. The van der Waals surface area contributed by atoms with Crippen LogP contribution in [0.4, 0.5) is 5.69 Å². The number of phenolic OH excluding ortho intramolecular Hbond substituents is 1. The maximum absolute atomic E-state index is 13.8. The number of aromatic nitrogens is 5. The number of anilines is 1. The maximum atomic E-state index is 13.8. The number of amides is 3. The van der Waals surface area contributed by atoms with E-state index in [0.29, 0.717) is 53.8 Å². The first-order valence-electron chi connectivity index (χ1n) is 15.3. The minimum absolute atomic E-state index is 0.0593. The quantitative estimate of drug-likeness (QED) is 0.186. The molecule has 1 saturated heterocycles. The molecular formula is C34H34ClN9O4. The van der Waals surface area contributed by atoms with Crippen molar-refractivity contribution >= 4 is 35.0 Å². The van der Waals surface area contributed by atoms with E-state index >= 15 is 0 Å². The number of aromatic hydroxyl groups is 1. The molecule has 48 heavy (non-hydrogen) atoms. The van der Waals surface area contributed by atoms with Gasteiger partial charge in [-0.1, -0.05) is 23.7 Å². The minimum atomic E-state index is -1.02. The van der Waals surface area contributed by atoms with Gasteiger partial charge in [0.05, 0.1) is 5.56 Å². The van der Waals surface area contributed by atoms with Crippen molar-refractivity contribution in [2.75, 3.05) is 31.5 Å². The Kier molecular flexibility index (Phi) is 9.50. The number of aryl methyl sites for hydroxylation is 2. The third-order valence-electron chi connectivity index (χ3n) is 8.23. The molecule has 6 rings (SSSR count). The van der Waals surface area contributed by atoms with Crippen molar-refractivity contribution in [1.29, 1.82) is 0 Å². The summed E-state index contributed by atoms with van der Waals surface area (Å²) in [6.07, 6.45) is 3.17. The molecule has 1 unspecified atom stereocenters. The molecule has 5 aromatic rings. The number of phenols is 1. The smallest absolute Gasteiger partial charge is 0.270 e. The summed E-state index contributed by atoms with van der Waals surface area (Å²) < 4.78 is 3.21. The van der Waals surface area contributed by atoms with E-state index in [4.69, 9.17) is 11.6 Å². The molecule has 3 amide bonds. The van der Waals surface area contributed by atoms with Gasteiger partial charge in [-0.05, 0) is 71.3 Å². The lowest BCUT2D eigenvalue weighted by molar-refractivity contribution is -0.118. The number of carbonyl (C=O) groups is 3. The molecule has 1 atom stereocenters. The van der Waals surface area contributed by atoms with Crippen LogP contribution in [0.2, 0.25) is 5.02 Å². The Hall–Kier alpha value is -5.53. The Balaban J connectivity index is 1.26. The van der Waals surface area contributed by atoms with Gasteiger partial charge in [0.15, 0.2) is 5.82 Å². The Bertz CT molecular complexity index is 1970. The van der Waals surface area contributed by atoms with Gasteiger partial charge < -0.3 is 30.5 Å². The number of nitrogens with one attached hydrogen (secondary N) is 3. The second-order valence-corrected chi connectivity index (χ2v) is 11.9. The van der Waals surface area contributed by atoms with Gasteiger partial charge in [-0.3, -0.25) is 19.1 Å². The number of benzene rings is 3. The summed E-state index contributed by atoms with van der Waals surface area (Å²) in [6.45, 7) is 2.47. The molecule has 2 aromatic heterocycles. The first-order chi connectivity index (χ1) is 23.2. The summed E-state index contributed by atoms with van der Waals surface area (Å²) in [7, 11) is 3.48. The van der Waals surface area contributed by atoms with Gasteiger partial charge in [0.2, 0.25) is 5.91 Å². The molecule has 0 saturated carbocycles. The number of nitrogens with zero attached hydrogens (tertiary/aromatic N) is 6. The van der Waals surface area contributed by atoms with E-state index < -0.39 is 17.9 Å². The zero-order valence-electron chi connectivity index (χ0n) is 26.4. The molecule has 1 aliphatic heterocycles. The van der Waals surface area contributed by atoms with Crippen LogP contribution < -0.4 is 16.0 Å². The van der Waals surface area contributed by atoms with E-state index in [2.05, 4.69) is 31.2 Å². The van der Waals surface area contributed by atoms with Crippen molar-refractivity contribution in [2.24, 2.45) is 14.1 Å². The van der Waals surface area contributed by atoms with Crippen LogP contribution in [-0.2, 0) is 25.3 Å². The third-order valence-corrected chi connectivity index (χ3v) is 8.60. The van der Waals surface area contributed by atoms with E-state index in [1.54, 1.807) is 65.3 Å². The highest BCUT2D eigenvalue weighted by molar-refractivity contribution is 6.31. The summed E-state index contributed by atoms with van der Waals surface area (Å²) in [4.78, 5) is 42.0. The minimum Gasteiger partial charge on any atom is -0.507 e. The lowest BCUT2D eigenvalue weighted by Crippen LogP contribution is -2.46. The standard InChI is InChI=1S/C34H34ClN9O4/c1-42-20-37-41-31(42)21-3-7-25(8-4-21)39-32(46)28(40-33(47)29-11-12-38-43(29)2)19-24-17-22(5-9-27(24)35)23-6-10-30(45)26(18-23)34(48)44-15-13-36-14-16-44/h3-12,17-18,20,28,36,45H,13-16,19H2,1-2H3,(H,39,46)(H,40,47). The molecular weight excluding hydrogens is 634 g/mol. The Morgan fingerprint density at radius 3 is 2.35 bits per heavy atom. The van der Waals surface area contributed by atoms with E-state index in [9.17, 15) is 19.5 Å². The molecule has 4 N–H and O–H groups in total. The summed E-state index contributed by atoms with van der Waals surface area (Å²) in [5.74, 6) is -0.598. The number of hydrogen-bond donors (Lipinski definition) is 4. The molecule has 0 aliphatic carbocycles. The second-order valence-electron chi connectivity index (χ2n) is 11.5. The van der Waals surface area contributed by atoms with Crippen LogP contribution in [0.1, 0.15) is 26.4 Å². The van der Waals surface area contributed by atoms with Gasteiger partial charge in [0.1, 0.15) is 23.8 Å². The number of rotatable bonds is 9. The summed E-state index contributed by atoms with van der Waals surface area (Å²) >= 11 is 6.66. The highest BCUT2D eigenvalue weighted by Gasteiger charge is 2.26. The predicted molar refractivity (Wildman–Crippen MR) is 181 cm³/mol. The topological polar surface area (TPSA) is 159 Å². The Labute approximate surface area is 281 Å². The number of hydrogen-bond acceptors (Lipinski definition) is 8. The third kappa shape index (κ3) is 7.06. The summed E-state index contributed by atoms with van der Waals surface area (Å²) in [6, 6.07) is 17.9. The summed E-state index contributed by atoms with van der Waals surface area (Å²) in [5, 5.41) is 32.0. The van der Waals surface area contributed by atoms with Crippen LogP contribution in [0.15, 0.2) is 79.3 Å². The number of piperazine rings is 1. The average molecular weight is 668 g/mol. The monoisotopic (exact) mass is 667 g/mol. The molecule has 3 heterocycles. The SMILES string of the molecule is Cn1cnnc1-c1ccc(NC(=O)C(Cc2cc(-c3ccc(O)c(C(=O)N4CCNCC4)c3)ccc2Cl)NC(=O)c2ccnn2C)cc1. The van der Waals surface area contributed by atoms with Gasteiger partial charge in [0.25, 0.3) is 11.8 Å². The molecule has 13 nitrogen and oxygen atoms in total. The first kappa shape index (κ1) is 32.4. The van der Waals surface area contributed by atoms with Gasteiger partial charge in [-0.25, -0.2) is 0 Å². The van der Waals surface area contributed by atoms with E-state index in [-0.39, 0.29) is 29.3 Å². The Morgan fingerprint density at radius 1 is 0.958 bits per heavy atom. The molecule has 0 spiro atoms. The second kappa shape index (κ2) is 14.1. The van der Waals surface area contributed by atoms with Crippen LogP contribution in [0, 0.1) is 0 Å². The average Bonchev–Trinajstić information content (AvgIpc) is 3.73. The van der Waals surface area contributed by atoms with Crippen molar-refractivity contribution in [1.82, 2.24) is 40.1 Å². The van der Waals surface area contributed by atoms with Crippen molar-refractivity contribution < 1.29 is 19.5 Å². The zero-order valence-corrected chi connectivity index (χ0v) is 27.1. The van der Waals surface area contributed by atoms with Crippen molar-refractivity contribution in [3.63, 3.8) is 0 Å². The normalized spacial score (nSPS) is 13.6. The fourth-order valence-electron chi connectivity index (χ4n) is 5.57. The predicted octanol–water partition coefficient (Wildman–Crippen LogP) is 3.27. The maximum Gasteiger partial charge on any atom is 0.270 e. The zero-order chi connectivity index (χ0) is 33.8. The van der Waals surface area contributed by atoms with E-state index in [0.717, 1.165) is 11.1 Å². The van der Waals surface area contributed by atoms with Crippen LogP contribution in [0.5, 0.6) is 5.75 Å². The van der Waals surface area contributed by atoms with Crippen LogP contribution in [0.25, 0.3) is 22.5 Å². The van der Waals surface area contributed by atoms with Gasteiger partial charge in [-0.15, -0.1) is 10.2 Å². The molecule has 1 aliphatic rings. The van der Waals surface area contributed by atoms with E-state index in [1.165, 1.54) is 16.9 Å². The Morgan fingerprint density at radius 2 is 1.67 bits per heavy atom. The van der Waals surface area contributed by atoms with Crippen molar-refractivity contribution in [3.05, 3.63) is 101 Å². The molecule has 3 aromatic carbocycles. The van der Waals surface area contributed by atoms with Gasteiger partial charge >= 0.3 is 0 Å². The molecule has 246 valence electrons. The lowest BCUT2D eigenvalue weighted by atomic mass is 9.97. The van der Waals surface area contributed by atoms with E-state index in [1.807, 2.05) is 25.2 Å². The van der Waals surface area contributed by atoms with Crippen LogP contribution in [0.3, 0.4) is 0 Å². The lowest BCUT2D eigenvalue weighted by Gasteiger charge is -2.27. The summed E-state index contributed by atoms with van der Waals surface area (Å²) in [5.41, 5.74) is 3.84. The van der Waals surface area contributed by atoms with Gasteiger partial charge in [-0.2, -0.15) is 5.10 Å². The van der Waals surface area contributed by atoms with Crippen molar-refractivity contribution in [2.45, 2.75) is 12.5 Å². The van der Waals surface area contributed by atoms with Crippen LogP contribution in [-0.4, -0.2) is 84.5 Å². The highest BCUT2D eigenvalue weighted by Crippen LogP contribution is 2.31. The van der Waals surface area contributed by atoms with Crippen LogP contribution >= 0.6 is 11.6 Å². The molecule has 1 fully saturated rings. The number of halogens is 1. The first-order valence-corrected chi connectivity index (χ1v) is 15.7. The highest BCUT2D eigenvalue weighted by atomic mass is 35.5. The molecule has 0 bridgehead atoms. The fourth-order valence-corrected chi connectivity index (χ4v) is 5.77.